The van der Waals surface area contributed by atoms with Gasteiger partial charge in [0.05, 0.1) is 6.04 Å². The first-order chi connectivity index (χ1) is 12.1. The highest BCUT2D eigenvalue weighted by molar-refractivity contribution is 7.80. The molecule has 0 bridgehead atoms. The zero-order chi connectivity index (χ0) is 17.6. The van der Waals surface area contributed by atoms with Crippen LogP contribution in [0.1, 0.15) is 22.7 Å². The third-order valence-electron chi connectivity index (χ3n) is 3.97. The average Bonchev–Trinajstić information content (AvgIpc) is 2.64. The fourth-order valence-electron chi connectivity index (χ4n) is 2.62. The molecule has 3 aromatic carbocycles. The summed E-state index contributed by atoms with van der Waals surface area (Å²) in [5, 5.41) is 7.90. The van der Waals surface area contributed by atoms with E-state index in [-0.39, 0.29) is 6.04 Å². The lowest BCUT2D eigenvalue weighted by Crippen LogP contribution is -2.33. The van der Waals surface area contributed by atoms with Crippen molar-refractivity contribution in [3.05, 3.63) is 101 Å². The molecule has 3 aromatic rings. The number of nitrogens with one attached hydrogen (secondary N) is 2. The van der Waals surface area contributed by atoms with Gasteiger partial charge in [0, 0.05) is 10.7 Å². The highest BCUT2D eigenvalue weighted by Crippen LogP contribution is 2.23. The molecule has 0 unspecified atom stereocenters. The van der Waals surface area contributed by atoms with Crippen LogP contribution in [0.2, 0.25) is 5.02 Å². The summed E-state index contributed by atoms with van der Waals surface area (Å²) in [5.41, 5.74) is 4.21. The molecule has 0 aromatic heterocycles. The van der Waals surface area contributed by atoms with Crippen molar-refractivity contribution >= 4 is 34.6 Å². The van der Waals surface area contributed by atoms with E-state index < -0.39 is 0 Å². The van der Waals surface area contributed by atoms with E-state index in [9.17, 15) is 0 Å². The first-order valence-corrected chi connectivity index (χ1v) is 8.85. The van der Waals surface area contributed by atoms with Gasteiger partial charge in [-0.15, -0.1) is 0 Å². The van der Waals surface area contributed by atoms with Gasteiger partial charge in [-0.05, 0) is 48.0 Å². The van der Waals surface area contributed by atoms with Crippen molar-refractivity contribution in [1.82, 2.24) is 5.32 Å². The van der Waals surface area contributed by atoms with Gasteiger partial charge < -0.3 is 10.6 Å². The molecule has 3 rings (SSSR count). The minimum atomic E-state index is -0.0247. The van der Waals surface area contributed by atoms with E-state index in [1.807, 2.05) is 61.5 Å². The molecule has 0 atom stereocenters. The molecule has 0 aliphatic carbocycles. The Hall–Kier alpha value is -2.36. The Morgan fingerprint density at radius 2 is 1.44 bits per heavy atom. The van der Waals surface area contributed by atoms with Crippen molar-refractivity contribution in [3.63, 3.8) is 0 Å². The Bertz CT molecular complexity index is 811. The molecule has 0 fully saturated rings. The van der Waals surface area contributed by atoms with Gasteiger partial charge in [-0.2, -0.15) is 0 Å². The van der Waals surface area contributed by atoms with Gasteiger partial charge in [0.25, 0.3) is 0 Å². The van der Waals surface area contributed by atoms with E-state index in [0.717, 1.165) is 27.4 Å². The summed E-state index contributed by atoms with van der Waals surface area (Å²) >= 11 is 11.7. The summed E-state index contributed by atoms with van der Waals surface area (Å²) in [7, 11) is 0. The fourth-order valence-corrected chi connectivity index (χ4v) is 3.04. The number of rotatable bonds is 4. The summed E-state index contributed by atoms with van der Waals surface area (Å²) in [5.74, 6) is 0. The van der Waals surface area contributed by atoms with Crippen molar-refractivity contribution in [1.29, 1.82) is 0 Å². The number of aryl methyl sites for hydroxylation is 1. The van der Waals surface area contributed by atoms with Crippen LogP contribution in [0, 0.1) is 6.92 Å². The molecule has 2 N–H and O–H groups in total. The minimum absolute atomic E-state index is 0.0247. The molecule has 25 heavy (non-hydrogen) atoms. The van der Waals surface area contributed by atoms with Gasteiger partial charge in [0.1, 0.15) is 0 Å². The van der Waals surface area contributed by atoms with E-state index in [1.54, 1.807) is 0 Å². The Morgan fingerprint density at radius 3 is 1.96 bits per heavy atom. The molecule has 0 spiro atoms. The summed E-state index contributed by atoms with van der Waals surface area (Å²) in [6.07, 6.45) is 0. The molecule has 0 heterocycles. The lowest BCUT2D eigenvalue weighted by atomic mass is 9.99. The third kappa shape index (κ3) is 4.59. The molecular weight excluding hydrogens is 348 g/mol. The smallest absolute Gasteiger partial charge is 0.171 e. The quantitative estimate of drug-likeness (QED) is 0.577. The lowest BCUT2D eigenvalue weighted by Gasteiger charge is -2.22. The number of anilines is 1. The second kappa shape index (κ2) is 8.15. The number of hydrogen-bond acceptors (Lipinski definition) is 1. The Labute approximate surface area is 158 Å². The van der Waals surface area contributed by atoms with E-state index in [1.165, 1.54) is 0 Å². The van der Waals surface area contributed by atoms with Gasteiger partial charge >= 0.3 is 0 Å². The van der Waals surface area contributed by atoms with Crippen LogP contribution in [-0.4, -0.2) is 5.11 Å². The molecule has 0 saturated carbocycles. The van der Waals surface area contributed by atoms with Crippen LogP contribution in [0.25, 0.3) is 0 Å². The van der Waals surface area contributed by atoms with Gasteiger partial charge in [0.2, 0.25) is 0 Å². The average molecular weight is 367 g/mol. The summed E-state index contributed by atoms with van der Waals surface area (Å²) in [4.78, 5) is 0. The van der Waals surface area contributed by atoms with Crippen LogP contribution in [-0.2, 0) is 0 Å². The molecular formula is C21H19ClN2S. The second-order valence-electron chi connectivity index (χ2n) is 5.82. The number of halogens is 1. The highest BCUT2D eigenvalue weighted by atomic mass is 35.5. The zero-order valence-corrected chi connectivity index (χ0v) is 15.4. The summed E-state index contributed by atoms with van der Waals surface area (Å²) in [6.45, 7) is 1.98. The van der Waals surface area contributed by atoms with Crippen LogP contribution in [0.3, 0.4) is 0 Å². The van der Waals surface area contributed by atoms with Crippen LogP contribution < -0.4 is 10.6 Å². The van der Waals surface area contributed by atoms with Gasteiger partial charge in [-0.25, -0.2) is 0 Å². The van der Waals surface area contributed by atoms with Crippen LogP contribution in [0.4, 0.5) is 5.69 Å². The third-order valence-corrected chi connectivity index (χ3v) is 4.60. The monoisotopic (exact) mass is 366 g/mol. The first-order valence-electron chi connectivity index (χ1n) is 8.07. The molecule has 0 aliphatic heterocycles. The predicted molar refractivity (Wildman–Crippen MR) is 110 cm³/mol. The molecule has 2 nitrogen and oxygen atoms in total. The Balaban J connectivity index is 1.80. The largest absolute Gasteiger partial charge is 0.352 e. The fraction of sp³-hybridized carbons (Fsp3) is 0.0952. The lowest BCUT2D eigenvalue weighted by molar-refractivity contribution is 0.769. The maximum Gasteiger partial charge on any atom is 0.171 e. The van der Waals surface area contributed by atoms with Crippen LogP contribution >= 0.6 is 23.8 Å². The van der Waals surface area contributed by atoms with Crippen molar-refractivity contribution < 1.29 is 0 Å². The van der Waals surface area contributed by atoms with Crippen molar-refractivity contribution in [3.8, 4) is 0 Å². The molecule has 126 valence electrons. The standard InChI is InChI=1S/C21H19ClN2S/c1-15-12-13-18(14-19(15)22)23-21(25)24-20(16-8-4-2-5-9-16)17-10-6-3-7-11-17/h2-14,20H,1H3,(H2,23,24,25). The normalized spacial score (nSPS) is 10.5. The van der Waals surface area contributed by atoms with Gasteiger partial charge in [0.15, 0.2) is 5.11 Å². The summed E-state index contributed by atoms with van der Waals surface area (Å²) < 4.78 is 0. The topological polar surface area (TPSA) is 24.1 Å². The molecule has 4 heteroatoms. The maximum absolute atomic E-state index is 6.19. The minimum Gasteiger partial charge on any atom is -0.352 e. The molecule has 0 amide bonds. The van der Waals surface area contributed by atoms with Crippen molar-refractivity contribution in [2.45, 2.75) is 13.0 Å². The number of hydrogen-bond donors (Lipinski definition) is 2. The number of thiocarbonyl (C=S) groups is 1. The first kappa shape index (κ1) is 17.5. The number of benzene rings is 3. The summed E-state index contributed by atoms with van der Waals surface area (Å²) in [6, 6.07) is 26.3. The van der Waals surface area contributed by atoms with Gasteiger partial charge in [-0.3, -0.25) is 0 Å². The molecule has 0 radical (unpaired) electrons. The molecule has 0 saturated heterocycles. The van der Waals surface area contributed by atoms with Gasteiger partial charge in [-0.1, -0.05) is 78.3 Å². The predicted octanol–water partition coefficient (Wildman–Crippen LogP) is 5.72. The van der Waals surface area contributed by atoms with E-state index in [0.29, 0.717) is 5.11 Å². The van der Waals surface area contributed by atoms with Crippen LogP contribution in [0.15, 0.2) is 78.9 Å². The highest BCUT2D eigenvalue weighted by Gasteiger charge is 2.15. The van der Waals surface area contributed by atoms with Crippen molar-refractivity contribution in [2.24, 2.45) is 0 Å². The Morgan fingerprint density at radius 1 is 0.880 bits per heavy atom. The van der Waals surface area contributed by atoms with E-state index in [4.69, 9.17) is 23.8 Å². The molecule has 0 aliphatic rings. The Kier molecular flexibility index (Phi) is 5.69. The van der Waals surface area contributed by atoms with E-state index in [2.05, 4.69) is 34.9 Å². The van der Waals surface area contributed by atoms with E-state index >= 15 is 0 Å². The van der Waals surface area contributed by atoms with Crippen LogP contribution in [0.5, 0.6) is 0 Å². The SMILES string of the molecule is Cc1ccc(NC(=S)NC(c2ccccc2)c2ccccc2)cc1Cl. The zero-order valence-electron chi connectivity index (χ0n) is 13.9. The maximum atomic E-state index is 6.19. The van der Waals surface area contributed by atoms with Crippen molar-refractivity contribution in [2.75, 3.05) is 5.32 Å². The second-order valence-corrected chi connectivity index (χ2v) is 6.63.